The van der Waals surface area contributed by atoms with E-state index in [0.717, 1.165) is 16.3 Å². The molecule has 1 aromatic carbocycles. The minimum Gasteiger partial charge on any atom is -0.468 e. The quantitative estimate of drug-likeness (QED) is 0.796. The van der Waals surface area contributed by atoms with Gasteiger partial charge in [-0.2, -0.15) is 0 Å². The van der Waals surface area contributed by atoms with Crippen LogP contribution in [-0.2, 0) is 11.3 Å². The topological polar surface area (TPSA) is 45.5 Å². The second kappa shape index (κ2) is 7.90. The van der Waals surface area contributed by atoms with Crippen LogP contribution in [0, 0.1) is 0 Å². The molecule has 0 aliphatic rings. The summed E-state index contributed by atoms with van der Waals surface area (Å²) in [6, 6.07) is 11.6. The van der Waals surface area contributed by atoms with E-state index in [4.69, 9.17) is 4.42 Å². The number of rotatable bonds is 7. The van der Waals surface area contributed by atoms with Crippen molar-refractivity contribution >= 4 is 23.4 Å². The van der Waals surface area contributed by atoms with Gasteiger partial charge in [0.1, 0.15) is 5.76 Å². The van der Waals surface area contributed by atoms with Crippen molar-refractivity contribution in [1.82, 2.24) is 4.90 Å². The van der Waals surface area contributed by atoms with E-state index in [1.807, 2.05) is 49.7 Å². The third-order valence-electron chi connectivity index (χ3n) is 3.11. The molecule has 0 unspecified atom stereocenters. The van der Waals surface area contributed by atoms with E-state index in [1.54, 1.807) is 18.0 Å². The number of para-hydroxylation sites is 1. The number of hydrogen-bond acceptors (Lipinski definition) is 4. The molecular weight excluding hydrogens is 284 g/mol. The largest absolute Gasteiger partial charge is 0.468 e. The number of furan rings is 1. The Labute approximate surface area is 129 Å². The van der Waals surface area contributed by atoms with Crippen molar-refractivity contribution in [2.45, 2.75) is 17.9 Å². The molecule has 1 heterocycles. The predicted octanol–water partition coefficient (Wildman–Crippen LogP) is 3.46. The Kier molecular flexibility index (Phi) is 5.90. The van der Waals surface area contributed by atoms with Gasteiger partial charge in [-0.25, -0.2) is 0 Å². The smallest absolute Gasteiger partial charge is 0.225 e. The summed E-state index contributed by atoms with van der Waals surface area (Å²) in [5.41, 5.74) is 0.878. The molecule has 0 bridgehead atoms. The van der Waals surface area contributed by atoms with Crippen LogP contribution in [0.4, 0.5) is 5.69 Å². The van der Waals surface area contributed by atoms with Crippen LogP contribution in [0.15, 0.2) is 52.0 Å². The fraction of sp³-hybridized carbons (Fsp3) is 0.312. The van der Waals surface area contributed by atoms with Gasteiger partial charge in [0.25, 0.3) is 0 Å². The van der Waals surface area contributed by atoms with Crippen LogP contribution in [0.1, 0.15) is 12.2 Å². The number of anilines is 1. The number of carbonyl (C=O) groups is 1. The highest BCUT2D eigenvalue weighted by Gasteiger charge is 2.08. The van der Waals surface area contributed by atoms with Gasteiger partial charge >= 0.3 is 0 Å². The van der Waals surface area contributed by atoms with E-state index in [9.17, 15) is 4.79 Å². The van der Waals surface area contributed by atoms with Gasteiger partial charge in [0.05, 0.1) is 18.5 Å². The zero-order valence-corrected chi connectivity index (χ0v) is 13.2. The first-order chi connectivity index (χ1) is 10.2. The van der Waals surface area contributed by atoms with Crippen molar-refractivity contribution in [3.63, 3.8) is 0 Å². The highest BCUT2D eigenvalue weighted by Crippen LogP contribution is 2.24. The second-order valence-electron chi connectivity index (χ2n) is 4.82. The Morgan fingerprint density at radius 2 is 2.10 bits per heavy atom. The Morgan fingerprint density at radius 1 is 1.29 bits per heavy atom. The highest BCUT2D eigenvalue weighted by atomic mass is 32.2. The maximum atomic E-state index is 12.0. The first-order valence-electron chi connectivity index (χ1n) is 6.83. The average Bonchev–Trinajstić information content (AvgIpc) is 2.98. The van der Waals surface area contributed by atoms with Crippen molar-refractivity contribution < 1.29 is 9.21 Å². The van der Waals surface area contributed by atoms with Gasteiger partial charge < -0.3 is 9.73 Å². The van der Waals surface area contributed by atoms with Crippen LogP contribution in [0.5, 0.6) is 0 Å². The van der Waals surface area contributed by atoms with Crippen molar-refractivity contribution in [2.24, 2.45) is 0 Å². The molecule has 0 saturated carbocycles. The lowest BCUT2D eigenvalue weighted by molar-refractivity contribution is -0.116. The molecule has 2 rings (SSSR count). The molecule has 0 aliphatic heterocycles. The van der Waals surface area contributed by atoms with E-state index in [0.29, 0.717) is 19.5 Å². The van der Waals surface area contributed by atoms with E-state index in [1.165, 1.54) is 0 Å². The number of nitrogens with one attached hydrogen (secondary N) is 1. The summed E-state index contributed by atoms with van der Waals surface area (Å²) in [6.45, 7) is 1.40. The zero-order chi connectivity index (χ0) is 15.1. The summed E-state index contributed by atoms with van der Waals surface area (Å²) in [7, 11) is 1.98. The summed E-state index contributed by atoms with van der Waals surface area (Å²) in [4.78, 5) is 15.2. The summed E-state index contributed by atoms with van der Waals surface area (Å²) in [5.74, 6) is 0.938. The molecule has 0 fully saturated rings. The lowest BCUT2D eigenvalue weighted by Crippen LogP contribution is -2.24. The van der Waals surface area contributed by atoms with Crippen molar-refractivity contribution in [3.8, 4) is 0 Å². The van der Waals surface area contributed by atoms with Crippen LogP contribution in [0.3, 0.4) is 0 Å². The maximum Gasteiger partial charge on any atom is 0.225 e. The van der Waals surface area contributed by atoms with Crippen LogP contribution in [0.2, 0.25) is 0 Å². The number of amides is 1. The molecule has 0 spiro atoms. The van der Waals surface area contributed by atoms with Gasteiger partial charge in [-0.05, 0) is 37.6 Å². The molecule has 0 saturated heterocycles. The first kappa shape index (κ1) is 15.7. The Hall–Kier alpha value is -1.72. The van der Waals surface area contributed by atoms with Crippen LogP contribution < -0.4 is 5.32 Å². The third kappa shape index (κ3) is 4.95. The SMILES string of the molecule is CSc1ccccc1NC(=O)CCN(C)Cc1ccco1. The fourth-order valence-corrected chi connectivity index (χ4v) is 2.55. The van der Waals surface area contributed by atoms with Crippen LogP contribution in [-0.4, -0.2) is 30.7 Å². The molecule has 112 valence electrons. The lowest BCUT2D eigenvalue weighted by atomic mass is 10.3. The van der Waals surface area contributed by atoms with Crippen molar-refractivity contribution in [3.05, 3.63) is 48.4 Å². The Bertz CT molecular complexity index is 569. The predicted molar refractivity (Wildman–Crippen MR) is 86.5 cm³/mol. The van der Waals surface area contributed by atoms with E-state index < -0.39 is 0 Å². The number of hydrogen-bond donors (Lipinski definition) is 1. The molecular formula is C16H20N2O2S. The third-order valence-corrected chi connectivity index (χ3v) is 3.90. The molecule has 1 aromatic heterocycles. The van der Waals surface area contributed by atoms with Crippen LogP contribution >= 0.6 is 11.8 Å². The Morgan fingerprint density at radius 3 is 2.81 bits per heavy atom. The minimum atomic E-state index is 0.0304. The number of benzene rings is 1. The maximum absolute atomic E-state index is 12.0. The monoisotopic (exact) mass is 304 g/mol. The van der Waals surface area contributed by atoms with Gasteiger partial charge in [-0.3, -0.25) is 9.69 Å². The number of nitrogens with zero attached hydrogens (tertiary/aromatic N) is 1. The highest BCUT2D eigenvalue weighted by molar-refractivity contribution is 7.98. The molecule has 4 nitrogen and oxygen atoms in total. The molecule has 0 radical (unpaired) electrons. The fourth-order valence-electron chi connectivity index (χ4n) is 2.00. The molecule has 21 heavy (non-hydrogen) atoms. The molecule has 2 aromatic rings. The van der Waals surface area contributed by atoms with Crippen LogP contribution in [0.25, 0.3) is 0 Å². The standard InChI is InChI=1S/C16H20N2O2S/c1-18(12-13-6-5-11-20-13)10-9-16(19)17-14-7-3-4-8-15(14)21-2/h3-8,11H,9-10,12H2,1-2H3,(H,17,19). The van der Waals surface area contributed by atoms with Gasteiger partial charge in [0.2, 0.25) is 5.91 Å². The normalized spacial score (nSPS) is 10.8. The molecule has 1 N–H and O–H groups in total. The van der Waals surface area contributed by atoms with E-state index in [2.05, 4.69) is 10.2 Å². The van der Waals surface area contributed by atoms with Gasteiger partial charge in [-0.1, -0.05) is 12.1 Å². The summed E-state index contributed by atoms with van der Waals surface area (Å²) in [5, 5.41) is 2.97. The first-order valence-corrected chi connectivity index (χ1v) is 8.05. The van der Waals surface area contributed by atoms with Gasteiger partial charge in [0, 0.05) is 17.9 Å². The van der Waals surface area contributed by atoms with Gasteiger partial charge in [-0.15, -0.1) is 11.8 Å². The average molecular weight is 304 g/mol. The lowest BCUT2D eigenvalue weighted by Gasteiger charge is -2.15. The van der Waals surface area contributed by atoms with E-state index in [-0.39, 0.29) is 5.91 Å². The Balaban J connectivity index is 1.79. The minimum absolute atomic E-state index is 0.0304. The molecule has 5 heteroatoms. The summed E-state index contributed by atoms with van der Waals surface area (Å²) < 4.78 is 5.29. The van der Waals surface area contributed by atoms with Crippen molar-refractivity contribution in [2.75, 3.05) is 25.2 Å². The molecule has 1 amide bonds. The molecule has 0 atom stereocenters. The summed E-state index contributed by atoms with van der Waals surface area (Å²) >= 11 is 1.63. The van der Waals surface area contributed by atoms with Crippen molar-refractivity contribution in [1.29, 1.82) is 0 Å². The molecule has 0 aliphatic carbocycles. The second-order valence-corrected chi connectivity index (χ2v) is 5.66. The zero-order valence-electron chi connectivity index (χ0n) is 12.3. The van der Waals surface area contributed by atoms with E-state index >= 15 is 0 Å². The van der Waals surface area contributed by atoms with Gasteiger partial charge in [0.15, 0.2) is 0 Å². The number of carbonyl (C=O) groups excluding carboxylic acids is 1. The summed E-state index contributed by atoms with van der Waals surface area (Å²) in [6.07, 6.45) is 4.12. The number of thioether (sulfide) groups is 1.